The van der Waals surface area contributed by atoms with Crippen molar-refractivity contribution in [3.05, 3.63) is 99.6 Å². The van der Waals surface area contributed by atoms with Crippen LogP contribution in [0.25, 0.3) is 0 Å². The molecule has 1 N–H and O–H groups in total. The van der Waals surface area contributed by atoms with Gasteiger partial charge < -0.3 is 5.32 Å². The van der Waals surface area contributed by atoms with Crippen molar-refractivity contribution in [1.29, 1.82) is 0 Å². The van der Waals surface area contributed by atoms with Gasteiger partial charge in [-0.05, 0) is 86.7 Å². The van der Waals surface area contributed by atoms with E-state index in [-0.39, 0.29) is 18.5 Å². The maximum Gasteiger partial charge on any atom is 0.251 e. The fraction of sp³-hybridized carbons (Fsp3) is 0.296. The molecule has 3 aromatic carbocycles. The number of anilines is 1. The molecule has 0 bridgehead atoms. The predicted octanol–water partition coefficient (Wildman–Crippen LogP) is 5.38. The Bertz CT molecular complexity index is 1250. The Morgan fingerprint density at radius 3 is 2.03 bits per heavy atom. The van der Waals surface area contributed by atoms with Crippen molar-refractivity contribution in [3.63, 3.8) is 0 Å². The smallest absolute Gasteiger partial charge is 0.251 e. The summed E-state index contributed by atoms with van der Waals surface area (Å²) in [7, 11) is -3.49. The molecule has 6 heteroatoms. The lowest BCUT2D eigenvalue weighted by Crippen LogP contribution is -2.30. The van der Waals surface area contributed by atoms with E-state index in [1.807, 2.05) is 45.0 Å². The minimum absolute atomic E-state index is 0.148. The highest BCUT2D eigenvalue weighted by Gasteiger charge is 2.19. The molecule has 0 aliphatic carbocycles. The minimum Gasteiger partial charge on any atom is -0.346 e. The third kappa shape index (κ3) is 6.02. The van der Waals surface area contributed by atoms with Crippen molar-refractivity contribution in [2.24, 2.45) is 0 Å². The maximum absolute atomic E-state index is 12.8. The maximum atomic E-state index is 12.8. The summed E-state index contributed by atoms with van der Waals surface area (Å²) in [4.78, 5) is 12.8. The number of hydrogen-bond acceptors (Lipinski definition) is 3. The van der Waals surface area contributed by atoms with Gasteiger partial charge in [-0.2, -0.15) is 0 Å². The van der Waals surface area contributed by atoms with Crippen molar-refractivity contribution in [1.82, 2.24) is 5.32 Å². The Morgan fingerprint density at radius 2 is 1.45 bits per heavy atom. The van der Waals surface area contributed by atoms with E-state index in [9.17, 15) is 13.2 Å². The summed E-state index contributed by atoms with van der Waals surface area (Å²) in [6, 6.07) is 18.6. The molecule has 0 aromatic heterocycles. The Labute approximate surface area is 197 Å². The first-order valence-corrected chi connectivity index (χ1v) is 12.8. The molecule has 174 valence electrons. The van der Waals surface area contributed by atoms with Gasteiger partial charge in [0.05, 0.1) is 24.5 Å². The highest BCUT2D eigenvalue weighted by molar-refractivity contribution is 7.92. The van der Waals surface area contributed by atoms with Crippen LogP contribution in [0.1, 0.15) is 56.7 Å². The summed E-state index contributed by atoms with van der Waals surface area (Å²) in [5, 5.41) is 3.05. The summed E-state index contributed by atoms with van der Waals surface area (Å²) >= 11 is 0. The van der Waals surface area contributed by atoms with Crippen molar-refractivity contribution in [2.45, 2.75) is 47.2 Å². The van der Waals surface area contributed by atoms with Gasteiger partial charge in [-0.3, -0.25) is 9.10 Å². The number of nitrogens with one attached hydrogen (secondary N) is 1. The lowest BCUT2D eigenvalue weighted by molar-refractivity contribution is 0.0940. The fourth-order valence-electron chi connectivity index (χ4n) is 3.85. The van der Waals surface area contributed by atoms with E-state index >= 15 is 0 Å². The van der Waals surface area contributed by atoms with Crippen LogP contribution in [0.3, 0.4) is 0 Å². The van der Waals surface area contributed by atoms with E-state index in [2.05, 4.69) is 31.3 Å². The van der Waals surface area contributed by atoms with Crippen LogP contribution in [0, 0.1) is 27.7 Å². The molecule has 3 rings (SSSR count). The van der Waals surface area contributed by atoms with Crippen LogP contribution in [-0.4, -0.2) is 20.6 Å². The summed E-state index contributed by atoms with van der Waals surface area (Å²) in [5.41, 5.74) is 7.66. The predicted molar refractivity (Wildman–Crippen MR) is 135 cm³/mol. The van der Waals surface area contributed by atoms with Crippen molar-refractivity contribution in [2.75, 3.05) is 10.6 Å². The zero-order valence-electron chi connectivity index (χ0n) is 20.1. The molecular weight excluding hydrogens is 432 g/mol. The van der Waals surface area contributed by atoms with E-state index < -0.39 is 10.0 Å². The molecular formula is C27H32N2O3S. The van der Waals surface area contributed by atoms with Gasteiger partial charge in [-0.15, -0.1) is 0 Å². The van der Waals surface area contributed by atoms with E-state index in [1.165, 1.54) is 21.7 Å². The Hall–Kier alpha value is -3.12. The Morgan fingerprint density at radius 1 is 0.879 bits per heavy atom. The molecule has 0 saturated heterocycles. The first-order chi connectivity index (χ1) is 15.5. The number of carbonyl (C=O) groups excluding carboxylic acids is 1. The van der Waals surface area contributed by atoms with Crippen LogP contribution in [0.2, 0.25) is 0 Å². The van der Waals surface area contributed by atoms with Gasteiger partial charge in [-0.1, -0.05) is 42.0 Å². The molecule has 1 amide bonds. The molecule has 5 nitrogen and oxygen atoms in total. The van der Waals surface area contributed by atoms with Crippen LogP contribution in [-0.2, 0) is 16.6 Å². The molecule has 3 aromatic rings. The summed E-state index contributed by atoms with van der Waals surface area (Å²) in [6.45, 7) is 10.4. The van der Waals surface area contributed by atoms with Crippen molar-refractivity contribution in [3.8, 4) is 0 Å². The SMILES string of the molecule is Cc1ccc(CN(c2ccc(C(=O)N[C@H](C)c3cc(C)c(C)cc3C)cc2)S(C)(=O)=O)cc1. The minimum atomic E-state index is -3.49. The normalized spacial score (nSPS) is 12.3. The van der Waals surface area contributed by atoms with Crippen molar-refractivity contribution >= 4 is 21.6 Å². The number of aryl methyl sites for hydroxylation is 4. The molecule has 33 heavy (non-hydrogen) atoms. The van der Waals surface area contributed by atoms with Gasteiger partial charge >= 0.3 is 0 Å². The average molecular weight is 465 g/mol. The average Bonchev–Trinajstić information content (AvgIpc) is 2.75. The largest absolute Gasteiger partial charge is 0.346 e. The van der Waals surface area contributed by atoms with Crippen molar-refractivity contribution < 1.29 is 13.2 Å². The van der Waals surface area contributed by atoms with E-state index in [4.69, 9.17) is 0 Å². The van der Waals surface area contributed by atoms with Crippen LogP contribution in [0.4, 0.5) is 5.69 Å². The molecule has 0 heterocycles. The molecule has 0 aliphatic heterocycles. The lowest BCUT2D eigenvalue weighted by Gasteiger charge is -2.23. The third-order valence-corrected chi connectivity index (χ3v) is 7.10. The topological polar surface area (TPSA) is 66.5 Å². The Balaban J connectivity index is 1.78. The lowest BCUT2D eigenvalue weighted by atomic mass is 9.96. The number of benzene rings is 3. The number of nitrogens with zero attached hydrogens (tertiary/aromatic N) is 1. The molecule has 0 spiro atoms. The van der Waals surface area contributed by atoms with Crippen LogP contribution >= 0.6 is 0 Å². The second-order valence-electron chi connectivity index (χ2n) is 8.79. The first-order valence-electron chi connectivity index (χ1n) is 11.0. The quantitative estimate of drug-likeness (QED) is 0.511. The number of sulfonamides is 1. The van der Waals surface area contributed by atoms with E-state index in [1.54, 1.807) is 24.3 Å². The van der Waals surface area contributed by atoms with Crippen LogP contribution < -0.4 is 9.62 Å². The summed E-state index contributed by atoms with van der Waals surface area (Å²) in [5.74, 6) is -0.198. The molecule has 0 saturated carbocycles. The molecule has 1 atom stereocenters. The Kier molecular flexibility index (Phi) is 7.28. The zero-order chi connectivity index (χ0) is 24.3. The second kappa shape index (κ2) is 9.79. The van der Waals surface area contributed by atoms with E-state index in [0.29, 0.717) is 11.3 Å². The summed E-state index contributed by atoms with van der Waals surface area (Å²) in [6.07, 6.45) is 1.19. The van der Waals surface area contributed by atoms with Gasteiger partial charge in [0, 0.05) is 5.56 Å². The standard InChI is InChI=1S/C27H32N2O3S/c1-18-7-9-23(10-8-18)17-29(33(6,31)32)25-13-11-24(12-14-25)27(30)28-22(5)26-16-20(3)19(2)15-21(26)4/h7-16,22H,17H2,1-6H3,(H,28,30)/t22-/m1/s1. The number of hydrogen-bond donors (Lipinski definition) is 1. The third-order valence-electron chi connectivity index (χ3n) is 5.96. The highest BCUT2D eigenvalue weighted by Crippen LogP contribution is 2.24. The zero-order valence-corrected chi connectivity index (χ0v) is 21.0. The number of carbonyl (C=O) groups is 1. The van der Waals surface area contributed by atoms with Gasteiger partial charge in [0.2, 0.25) is 10.0 Å². The van der Waals surface area contributed by atoms with Gasteiger partial charge in [0.15, 0.2) is 0 Å². The summed E-state index contributed by atoms with van der Waals surface area (Å²) < 4.78 is 26.3. The molecule has 0 fully saturated rings. The molecule has 0 aliphatic rings. The van der Waals surface area contributed by atoms with Gasteiger partial charge in [-0.25, -0.2) is 8.42 Å². The highest BCUT2D eigenvalue weighted by atomic mass is 32.2. The van der Waals surface area contributed by atoms with Gasteiger partial charge in [0.25, 0.3) is 5.91 Å². The van der Waals surface area contributed by atoms with E-state index in [0.717, 1.165) is 22.3 Å². The van der Waals surface area contributed by atoms with Gasteiger partial charge in [0.1, 0.15) is 0 Å². The van der Waals surface area contributed by atoms with Crippen LogP contribution in [0.5, 0.6) is 0 Å². The fourth-order valence-corrected chi connectivity index (χ4v) is 4.73. The molecule has 0 unspecified atom stereocenters. The number of amides is 1. The van der Waals surface area contributed by atoms with Crippen LogP contribution in [0.15, 0.2) is 60.7 Å². The number of rotatable bonds is 7. The monoisotopic (exact) mass is 464 g/mol. The second-order valence-corrected chi connectivity index (χ2v) is 10.7. The first kappa shape index (κ1) is 24.5. The molecule has 0 radical (unpaired) electrons.